The first-order valence-corrected chi connectivity index (χ1v) is 8.48. The van der Waals surface area contributed by atoms with Crippen molar-refractivity contribution in [3.63, 3.8) is 0 Å². The Morgan fingerprint density at radius 2 is 1.21 bits per heavy atom. The Morgan fingerprint density at radius 3 is 1.57 bits per heavy atom. The van der Waals surface area contributed by atoms with Gasteiger partial charge in [-0.25, -0.2) is 0 Å². The zero-order valence-corrected chi connectivity index (χ0v) is 13.8. The maximum atomic E-state index is 13.6. The lowest BCUT2D eigenvalue weighted by Gasteiger charge is -2.32. The van der Waals surface area contributed by atoms with Crippen molar-refractivity contribution in [1.82, 2.24) is 5.06 Å². The third kappa shape index (κ3) is 2.96. The molecule has 0 N–H and O–H groups in total. The largest absolute Gasteiger partial charge is 0.460 e. The van der Waals surface area contributed by atoms with E-state index >= 15 is 0 Å². The molecule has 160 valence electrons. The van der Waals surface area contributed by atoms with E-state index in [4.69, 9.17) is 0 Å². The standard InChI is InChI=1S/C12H8F9NO5S/c13-9(14,11(17,18)19)10(15,16)12(20,21)28(25,26)27-22-7(23)5-3-1-2-4-6(5)8(22)24/h1-2,5-6H,3-4H2. The molecule has 0 radical (unpaired) electrons. The van der Waals surface area contributed by atoms with Crippen LogP contribution in [-0.4, -0.2) is 48.6 Å². The van der Waals surface area contributed by atoms with E-state index < -0.39 is 62.1 Å². The van der Waals surface area contributed by atoms with Gasteiger partial charge in [-0.05, 0) is 12.8 Å². The summed E-state index contributed by atoms with van der Waals surface area (Å²) in [7, 11) is -7.35. The number of hydrogen-bond donors (Lipinski definition) is 0. The van der Waals surface area contributed by atoms with Crippen LogP contribution in [0.4, 0.5) is 39.5 Å². The zero-order valence-electron chi connectivity index (χ0n) is 13.0. The molecule has 16 heteroatoms. The van der Waals surface area contributed by atoms with E-state index in [2.05, 4.69) is 4.28 Å². The fraction of sp³-hybridized carbons (Fsp3) is 0.667. The van der Waals surface area contributed by atoms with E-state index in [0.717, 1.165) is 0 Å². The van der Waals surface area contributed by atoms with Gasteiger partial charge in [-0.3, -0.25) is 9.59 Å². The Kier molecular flexibility index (Phi) is 5.08. The van der Waals surface area contributed by atoms with Crippen molar-refractivity contribution in [2.24, 2.45) is 11.8 Å². The lowest BCUT2D eigenvalue weighted by molar-refractivity contribution is -0.383. The Bertz CT molecular complexity index is 794. The number of rotatable bonds is 5. The van der Waals surface area contributed by atoms with E-state index in [0.29, 0.717) is 0 Å². The van der Waals surface area contributed by atoms with Crippen molar-refractivity contribution in [2.75, 3.05) is 0 Å². The highest BCUT2D eigenvalue weighted by atomic mass is 32.2. The van der Waals surface area contributed by atoms with Gasteiger partial charge in [0.15, 0.2) is 0 Å². The van der Waals surface area contributed by atoms with E-state index in [1.165, 1.54) is 12.2 Å². The molecule has 1 fully saturated rings. The van der Waals surface area contributed by atoms with E-state index in [9.17, 15) is 57.5 Å². The Morgan fingerprint density at radius 1 is 0.821 bits per heavy atom. The number of allylic oxidation sites excluding steroid dienone is 2. The first-order valence-electron chi connectivity index (χ1n) is 7.07. The van der Waals surface area contributed by atoms with Crippen molar-refractivity contribution in [3.8, 4) is 0 Å². The van der Waals surface area contributed by atoms with Crippen LogP contribution in [0, 0.1) is 11.8 Å². The topological polar surface area (TPSA) is 80.8 Å². The van der Waals surface area contributed by atoms with Crippen molar-refractivity contribution >= 4 is 21.9 Å². The molecule has 0 saturated carbocycles. The second-order valence-electron chi connectivity index (χ2n) is 5.82. The van der Waals surface area contributed by atoms with Gasteiger partial charge < -0.3 is 0 Å². The molecule has 0 aromatic carbocycles. The highest BCUT2D eigenvalue weighted by Gasteiger charge is 2.86. The predicted molar refractivity (Wildman–Crippen MR) is 68.1 cm³/mol. The number of carbonyl (C=O) groups excluding carboxylic acids is 2. The van der Waals surface area contributed by atoms with Gasteiger partial charge >= 0.3 is 33.4 Å². The molecule has 0 aromatic heterocycles. The van der Waals surface area contributed by atoms with Crippen molar-refractivity contribution in [1.29, 1.82) is 0 Å². The van der Waals surface area contributed by atoms with Gasteiger partial charge in [0.05, 0.1) is 11.8 Å². The summed E-state index contributed by atoms with van der Waals surface area (Å²) in [6, 6.07) is 0. The molecule has 2 amide bonds. The van der Waals surface area contributed by atoms with Gasteiger partial charge in [0.25, 0.3) is 11.8 Å². The fourth-order valence-corrected chi connectivity index (χ4v) is 3.38. The number of halogens is 9. The third-order valence-electron chi connectivity index (χ3n) is 4.07. The SMILES string of the molecule is O=C1C2CC=CCC2C(=O)N1OS(=O)(=O)C(F)(F)C(F)(F)C(F)(F)C(F)(F)F. The Balaban J connectivity index is 2.38. The fourth-order valence-electron chi connectivity index (χ4n) is 2.51. The summed E-state index contributed by atoms with van der Waals surface area (Å²) in [5.41, 5.74) is 0. The second-order valence-corrected chi connectivity index (χ2v) is 7.39. The molecule has 6 nitrogen and oxygen atoms in total. The first-order chi connectivity index (χ1) is 12.4. The van der Waals surface area contributed by atoms with Crippen LogP contribution < -0.4 is 0 Å². The minimum atomic E-state index is -7.53. The van der Waals surface area contributed by atoms with Crippen LogP contribution in [0.2, 0.25) is 0 Å². The zero-order chi connectivity index (χ0) is 21.9. The summed E-state index contributed by atoms with van der Waals surface area (Å²) >= 11 is 0. The number of nitrogens with zero attached hydrogens (tertiary/aromatic N) is 1. The molecule has 2 atom stereocenters. The van der Waals surface area contributed by atoms with Gasteiger partial charge in [-0.1, -0.05) is 12.2 Å². The highest BCUT2D eigenvalue weighted by molar-refractivity contribution is 7.87. The molecule has 0 spiro atoms. The molecular weight excluding hydrogens is 441 g/mol. The molecule has 28 heavy (non-hydrogen) atoms. The maximum absolute atomic E-state index is 13.6. The second kappa shape index (κ2) is 6.33. The number of hydroxylamine groups is 2. The van der Waals surface area contributed by atoms with E-state index in [1.54, 1.807) is 0 Å². The number of imide groups is 1. The molecule has 0 aromatic rings. The molecule has 1 aliphatic heterocycles. The molecule has 0 bridgehead atoms. The molecule has 1 saturated heterocycles. The molecule has 2 aliphatic rings. The van der Waals surface area contributed by atoms with Gasteiger partial charge in [0.2, 0.25) is 0 Å². The van der Waals surface area contributed by atoms with Crippen LogP contribution in [0.1, 0.15) is 12.8 Å². The van der Waals surface area contributed by atoms with Crippen molar-refractivity contribution in [3.05, 3.63) is 12.2 Å². The van der Waals surface area contributed by atoms with Gasteiger partial charge in [-0.2, -0.15) is 47.9 Å². The lowest BCUT2D eigenvalue weighted by Crippen LogP contribution is -2.64. The minimum absolute atomic E-state index is 0.173. The van der Waals surface area contributed by atoms with Crippen LogP contribution >= 0.6 is 0 Å². The van der Waals surface area contributed by atoms with Crippen LogP contribution in [0.15, 0.2) is 12.2 Å². The molecular formula is C12H8F9NO5S. The summed E-state index contributed by atoms with van der Waals surface area (Å²) in [6.07, 6.45) is -4.88. The van der Waals surface area contributed by atoms with Crippen LogP contribution in [0.25, 0.3) is 0 Å². The molecule has 2 unspecified atom stereocenters. The summed E-state index contributed by atoms with van der Waals surface area (Å²) < 4.78 is 142. The minimum Gasteiger partial charge on any atom is -0.272 e. The number of fused-ring (bicyclic) bond motifs is 1. The summed E-state index contributed by atoms with van der Waals surface area (Å²) in [4.78, 5) is 23.8. The molecule has 2 rings (SSSR count). The van der Waals surface area contributed by atoms with Gasteiger partial charge in [-0.15, -0.1) is 9.35 Å². The smallest absolute Gasteiger partial charge is 0.272 e. The van der Waals surface area contributed by atoms with Gasteiger partial charge in [0, 0.05) is 0 Å². The molecule has 1 heterocycles. The maximum Gasteiger partial charge on any atom is 0.460 e. The predicted octanol–water partition coefficient (Wildman–Crippen LogP) is 2.62. The summed E-state index contributed by atoms with van der Waals surface area (Å²) in [6.45, 7) is 0. The van der Waals surface area contributed by atoms with Crippen LogP contribution in [0.5, 0.6) is 0 Å². The van der Waals surface area contributed by atoms with Crippen molar-refractivity contribution in [2.45, 2.75) is 36.1 Å². The monoisotopic (exact) mass is 449 g/mol. The van der Waals surface area contributed by atoms with E-state index in [-0.39, 0.29) is 12.8 Å². The number of amides is 2. The molecule has 1 aliphatic carbocycles. The summed E-state index contributed by atoms with van der Waals surface area (Å²) in [5.74, 6) is -20.7. The quantitative estimate of drug-likeness (QED) is 0.366. The average Bonchev–Trinajstić information content (AvgIpc) is 2.78. The first kappa shape index (κ1) is 22.4. The average molecular weight is 449 g/mol. The normalized spacial score (nSPS) is 24.7. The number of hydrogen-bond acceptors (Lipinski definition) is 5. The van der Waals surface area contributed by atoms with E-state index in [1.807, 2.05) is 0 Å². The third-order valence-corrected chi connectivity index (χ3v) is 5.30. The highest BCUT2D eigenvalue weighted by Crippen LogP contribution is 2.55. The Hall–Kier alpha value is -1.84. The number of alkyl halides is 9. The van der Waals surface area contributed by atoms with Crippen LogP contribution in [0.3, 0.4) is 0 Å². The lowest BCUT2D eigenvalue weighted by atomic mass is 9.85. The van der Waals surface area contributed by atoms with Gasteiger partial charge in [0.1, 0.15) is 0 Å². The number of carbonyl (C=O) groups is 2. The van der Waals surface area contributed by atoms with Crippen molar-refractivity contribution < 1.29 is 61.8 Å². The van der Waals surface area contributed by atoms with Crippen LogP contribution in [-0.2, 0) is 24.0 Å². The summed E-state index contributed by atoms with van der Waals surface area (Å²) in [5, 5.41) is -8.00. The Labute approximate surface area is 150 Å².